The highest BCUT2D eigenvalue weighted by Crippen LogP contribution is 2.40. The molecule has 6 nitrogen and oxygen atoms in total. The van der Waals surface area contributed by atoms with Gasteiger partial charge in [0, 0.05) is 17.5 Å². The van der Waals surface area contributed by atoms with Crippen LogP contribution in [0.25, 0.3) is 0 Å². The van der Waals surface area contributed by atoms with E-state index >= 15 is 0 Å². The van der Waals surface area contributed by atoms with Crippen molar-refractivity contribution in [2.45, 2.75) is 32.1 Å². The average molecular weight is 246 g/mol. The van der Waals surface area contributed by atoms with Crippen LogP contribution in [0, 0.1) is 0 Å². The summed E-state index contributed by atoms with van der Waals surface area (Å²) >= 11 is 0. The Hall–Kier alpha value is -2.11. The summed E-state index contributed by atoms with van der Waals surface area (Å²) in [5.74, 6) is 1.61. The Kier molecular flexibility index (Phi) is 2.62. The molecule has 2 heterocycles. The quantitative estimate of drug-likeness (QED) is 0.865. The minimum atomic E-state index is -0.274. The fourth-order valence-electron chi connectivity index (χ4n) is 1.82. The van der Waals surface area contributed by atoms with E-state index in [0.717, 1.165) is 30.6 Å². The fraction of sp³-hybridized carbons (Fsp3) is 0.417. The van der Waals surface area contributed by atoms with E-state index in [1.165, 1.54) is 0 Å². The van der Waals surface area contributed by atoms with Crippen molar-refractivity contribution in [1.29, 1.82) is 0 Å². The van der Waals surface area contributed by atoms with Gasteiger partial charge >= 0.3 is 0 Å². The number of aryl methyl sites for hydroxylation is 1. The molecule has 1 saturated carbocycles. The highest BCUT2D eigenvalue weighted by atomic mass is 16.5. The molecule has 1 aliphatic rings. The van der Waals surface area contributed by atoms with Gasteiger partial charge in [-0.3, -0.25) is 9.89 Å². The largest absolute Gasteiger partial charge is 0.360 e. The number of aromatic amines is 1. The molecule has 0 aromatic carbocycles. The van der Waals surface area contributed by atoms with Gasteiger partial charge in [0.1, 0.15) is 11.6 Å². The van der Waals surface area contributed by atoms with E-state index in [2.05, 4.69) is 20.7 Å². The first kappa shape index (κ1) is 11.0. The molecule has 94 valence electrons. The Morgan fingerprint density at radius 1 is 1.61 bits per heavy atom. The first-order valence-corrected chi connectivity index (χ1v) is 6.08. The Bertz CT molecular complexity index is 568. The minimum absolute atomic E-state index is 0.274. The van der Waals surface area contributed by atoms with E-state index in [9.17, 15) is 4.79 Å². The number of carbonyl (C=O) groups is 1. The number of hydrogen-bond donors (Lipinski definition) is 2. The van der Waals surface area contributed by atoms with E-state index in [1.807, 2.05) is 6.92 Å². The summed E-state index contributed by atoms with van der Waals surface area (Å²) in [5, 5.41) is 13.2. The maximum absolute atomic E-state index is 12.0. The molecule has 0 atom stereocenters. The van der Waals surface area contributed by atoms with Gasteiger partial charge in [-0.2, -0.15) is 5.10 Å². The van der Waals surface area contributed by atoms with Crippen LogP contribution in [-0.4, -0.2) is 21.3 Å². The van der Waals surface area contributed by atoms with Gasteiger partial charge in [-0.15, -0.1) is 0 Å². The molecule has 1 amide bonds. The summed E-state index contributed by atoms with van der Waals surface area (Å²) in [7, 11) is 0. The molecule has 2 aromatic rings. The summed E-state index contributed by atoms with van der Waals surface area (Å²) in [6.07, 6.45) is 4.75. The van der Waals surface area contributed by atoms with Gasteiger partial charge < -0.3 is 9.84 Å². The number of anilines is 1. The lowest BCUT2D eigenvalue weighted by molar-refractivity contribution is 0.101. The molecule has 6 heteroatoms. The van der Waals surface area contributed by atoms with Crippen molar-refractivity contribution in [3.63, 3.8) is 0 Å². The maximum atomic E-state index is 12.0. The summed E-state index contributed by atoms with van der Waals surface area (Å²) in [6, 6.07) is 1.72. The predicted octanol–water partition coefficient (Wildman–Crippen LogP) is 2.09. The summed E-state index contributed by atoms with van der Waals surface area (Å²) in [6.45, 7) is 2.00. The molecule has 18 heavy (non-hydrogen) atoms. The van der Waals surface area contributed by atoms with Gasteiger partial charge in [0.05, 0.1) is 6.20 Å². The standard InChI is InChI=1S/C12H14N4O2/c1-2-7-6-13-15-11(7)14-12(17)9-5-10(18-16-9)8-3-4-8/h5-6,8H,2-4H2,1H3,(H2,13,14,15,17). The molecule has 1 fully saturated rings. The lowest BCUT2D eigenvalue weighted by atomic mass is 10.2. The summed E-state index contributed by atoms with van der Waals surface area (Å²) in [5.41, 5.74) is 1.28. The zero-order valence-electron chi connectivity index (χ0n) is 10.1. The van der Waals surface area contributed by atoms with Gasteiger partial charge in [0.2, 0.25) is 0 Å². The third kappa shape index (κ3) is 2.01. The first-order valence-electron chi connectivity index (χ1n) is 6.08. The highest BCUT2D eigenvalue weighted by molar-refractivity contribution is 6.02. The third-order valence-corrected chi connectivity index (χ3v) is 3.08. The van der Waals surface area contributed by atoms with Crippen molar-refractivity contribution < 1.29 is 9.32 Å². The van der Waals surface area contributed by atoms with E-state index in [-0.39, 0.29) is 5.91 Å². The van der Waals surface area contributed by atoms with Crippen molar-refractivity contribution in [1.82, 2.24) is 15.4 Å². The molecular formula is C12H14N4O2. The Balaban J connectivity index is 1.73. The molecule has 0 aliphatic heterocycles. The van der Waals surface area contributed by atoms with Crippen molar-refractivity contribution in [2.75, 3.05) is 5.32 Å². The molecule has 0 saturated heterocycles. The van der Waals surface area contributed by atoms with Crippen LogP contribution < -0.4 is 5.32 Å². The van der Waals surface area contributed by atoms with Gasteiger partial charge in [0.25, 0.3) is 5.91 Å². The van der Waals surface area contributed by atoms with Crippen molar-refractivity contribution >= 4 is 11.7 Å². The second kappa shape index (κ2) is 4.29. The smallest absolute Gasteiger partial charge is 0.278 e. The van der Waals surface area contributed by atoms with Crippen LogP contribution in [0.4, 0.5) is 5.82 Å². The van der Waals surface area contributed by atoms with Crippen LogP contribution in [0.3, 0.4) is 0 Å². The number of aromatic nitrogens is 3. The Morgan fingerprint density at radius 3 is 3.17 bits per heavy atom. The highest BCUT2D eigenvalue weighted by Gasteiger charge is 2.29. The van der Waals surface area contributed by atoms with E-state index in [0.29, 0.717) is 17.4 Å². The molecular weight excluding hydrogens is 232 g/mol. The number of rotatable bonds is 4. The molecule has 2 aromatic heterocycles. The number of carbonyl (C=O) groups excluding carboxylic acids is 1. The van der Waals surface area contributed by atoms with Crippen LogP contribution >= 0.6 is 0 Å². The molecule has 3 rings (SSSR count). The molecule has 0 spiro atoms. The SMILES string of the molecule is CCc1cn[nH]c1NC(=O)c1cc(C2CC2)on1. The van der Waals surface area contributed by atoms with Crippen molar-refractivity contribution in [3.8, 4) is 0 Å². The normalized spacial score (nSPS) is 14.7. The minimum Gasteiger partial charge on any atom is -0.360 e. The first-order chi connectivity index (χ1) is 8.78. The molecule has 0 radical (unpaired) electrons. The number of nitrogens with one attached hydrogen (secondary N) is 2. The number of H-pyrrole nitrogens is 1. The van der Waals surface area contributed by atoms with Crippen molar-refractivity contribution in [3.05, 3.63) is 29.3 Å². The molecule has 0 bridgehead atoms. The van der Waals surface area contributed by atoms with Gasteiger partial charge in [-0.05, 0) is 19.3 Å². The third-order valence-electron chi connectivity index (χ3n) is 3.08. The topological polar surface area (TPSA) is 83.8 Å². The monoisotopic (exact) mass is 246 g/mol. The number of nitrogens with zero attached hydrogens (tertiary/aromatic N) is 2. The summed E-state index contributed by atoms with van der Waals surface area (Å²) < 4.78 is 5.15. The zero-order chi connectivity index (χ0) is 12.5. The number of amides is 1. The summed E-state index contributed by atoms with van der Waals surface area (Å²) in [4.78, 5) is 12.0. The van der Waals surface area contributed by atoms with Gasteiger partial charge in [0.15, 0.2) is 5.69 Å². The van der Waals surface area contributed by atoms with Crippen LogP contribution in [-0.2, 0) is 6.42 Å². The fourth-order valence-corrected chi connectivity index (χ4v) is 1.82. The molecule has 1 aliphatic carbocycles. The number of hydrogen-bond acceptors (Lipinski definition) is 4. The lowest BCUT2D eigenvalue weighted by Crippen LogP contribution is -2.13. The van der Waals surface area contributed by atoms with E-state index in [4.69, 9.17) is 4.52 Å². The second-order valence-electron chi connectivity index (χ2n) is 4.47. The predicted molar refractivity (Wildman–Crippen MR) is 64.4 cm³/mol. The van der Waals surface area contributed by atoms with E-state index in [1.54, 1.807) is 12.3 Å². The van der Waals surface area contributed by atoms with Crippen molar-refractivity contribution in [2.24, 2.45) is 0 Å². The van der Waals surface area contributed by atoms with Crippen LogP contribution in [0.5, 0.6) is 0 Å². The maximum Gasteiger partial charge on any atom is 0.278 e. The van der Waals surface area contributed by atoms with Gasteiger partial charge in [-0.1, -0.05) is 12.1 Å². The van der Waals surface area contributed by atoms with Crippen LogP contribution in [0.2, 0.25) is 0 Å². The van der Waals surface area contributed by atoms with Gasteiger partial charge in [-0.25, -0.2) is 0 Å². The molecule has 0 unspecified atom stereocenters. The molecule has 2 N–H and O–H groups in total. The second-order valence-corrected chi connectivity index (χ2v) is 4.47. The Morgan fingerprint density at radius 2 is 2.44 bits per heavy atom. The average Bonchev–Trinajstić information content (AvgIpc) is 2.93. The Labute approximate surface area is 104 Å². The van der Waals surface area contributed by atoms with Crippen LogP contribution in [0.15, 0.2) is 16.8 Å². The zero-order valence-corrected chi connectivity index (χ0v) is 10.1. The lowest BCUT2D eigenvalue weighted by Gasteiger charge is -2.01. The van der Waals surface area contributed by atoms with Crippen LogP contribution in [0.1, 0.15) is 47.5 Å². The van der Waals surface area contributed by atoms with E-state index < -0.39 is 0 Å².